The van der Waals surface area contributed by atoms with E-state index in [0.717, 1.165) is 93.4 Å². The average Bonchev–Trinajstić information content (AvgIpc) is 3.45. The summed E-state index contributed by atoms with van der Waals surface area (Å²) in [5.74, 6) is 1.90. The molecule has 44 heavy (non-hydrogen) atoms. The molecule has 1 aromatic carbocycles. The monoisotopic (exact) mass is 619 g/mol. The Morgan fingerprint density at radius 3 is 2.32 bits per heavy atom. The first-order valence-corrected chi connectivity index (χ1v) is 18.5. The topological polar surface area (TPSA) is 104 Å². The van der Waals surface area contributed by atoms with Crippen LogP contribution in [-0.4, -0.2) is 102 Å². The van der Waals surface area contributed by atoms with Gasteiger partial charge in [0.15, 0.2) is 0 Å². The van der Waals surface area contributed by atoms with Crippen LogP contribution in [0.25, 0.3) is 16.7 Å². The Bertz CT molecular complexity index is 1580. The molecule has 2 saturated carbocycles. The van der Waals surface area contributed by atoms with Crippen LogP contribution in [0.3, 0.4) is 0 Å². The van der Waals surface area contributed by atoms with Gasteiger partial charge >= 0.3 is 0 Å². The zero-order chi connectivity index (χ0) is 30.3. The molecule has 0 atom stereocenters. The number of anilines is 2. The van der Waals surface area contributed by atoms with E-state index in [2.05, 4.69) is 53.8 Å². The molecule has 11 heteroatoms. The zero-order valence-corrected chi connectivity index (χ0v) is 26.6. The van der Waals surface area contributed by atoms with Crippen LogP contribution in [0.2, 0.25) is 0 Å². The molecule has 7 rings (SSSR count). The molecule has 2 aliphatic heterocycles. The highest BCUT2D eigenvalue weighted by molar-refractivity contribution is 7.91. The van der Waals surface area contributed by atoms with Crippen LogP contribution in [0.5, 0.6) is 0 Å². The van der Waals surface area contributed by atoms with E-state index in [0.29, 0.717) is 24.7 Å². The van der Waals surface area contributed by atoms with Gasteiger partial charge in [0.1, 0.15) is 15.7 Å². The van der Waals surface area contributed by atoms with Gasteiger partial charge < -0.3 is 19.7 Å². The smallest absolute Gasteiger partial charge is 0.225 e. The second kappa shape index (κ2) is 12.3. The maximum Gasteiger partial charge on any atom is 0.225 e. The minimum absolute atomic E-state index is 0.133. The third-order valence-corrected chi connectivity index (χ3v) is 12.3. The van der Waals surface area contributed by atoms with Crippen molar-refractivity contribution < 1.29 is 13.2 Å². The molecular formula is C33H45N7O3S. The number of piperazine rings is 1. The van der Waals surface area contributed by atoms with Gasteiger partial charge in [0.2, 0.25) is 11.9 Å². The summed E-state index contributed by atoms with van der Waals surface area (Å²) in [4.78, 5) is 29.7. The molecule has 4 heterocycles. The van der Waals surface area contributed by atoms with Gasteiger partial charge in [-0.15, -0.1) is 0 Å². The summed E-state index contributed by atoms with van der Waals surface area (Å²) >= 11 is 0. The van der Waals surface area contributed by atoms with E-state index in [9.17, 15) is 13.2 Å². The lowest BCUT2D eigenvalue weighted by Gasteiger charge is -2.44. The molecule has 4 fully saturated rings. The van der Waals surface area contributed by atoms with Crippen LogP contribution in [0.15, 0.2) is 42.7 Å². The number of aromatic nitrogens is 3. The molecule has 3 aromatic rings. The predicted octanol–water partition coefficient (Wildman–Crippen LogP) is 4.10. The molecule has 236 valence electrons. The molecule has 2 aliphatic carbocycles. The van der Waals surface area contributed by atoms with Crippen molar-refractivity contribution in [2.75, 3.05) is 55.7 Å². The van der Waals surface area contributed by atoms with Crippen molar-refractivity contribution >= 4 is 38.3 Å². The maximum atomic E-state index is 13.3. The minimum atomic E-state index is -3.00. The maximum absolute atomic E-state index is 13.3. The van der Waals surface area contributed by atoms with Gasteiger partial charge in [-0.3, -0.25) is 9.69 Å². The lowest BCUT2D eigenvalue weighted by atomic mass is 9.85. The minimum Gasteiger partial charge on any atom is -0.371 e. The molecule has 2 saturated heterocycles. The highest BCUT2D eigenvalue weighted by Gasteiger charge is 2.34. The van der Waals surface area contributed by atoms with Gasteiger partial charge in [-0.05, 0) is 75.6 Å². The number of nitrogens with zero attached hydrogens (tertiary/aromatic N) is 6. The highest BCUT2D eigenvalue weighted by Crippen LogP contribution is 2.33. The summed E-state index contributed by atoms with van der Waals surface area (Å²) in [6, 6.07) is 11.3. The van der Waals surface area contributed by atoms with Crippen LogP contribution in [0.4, 0.5) is 11.6 Å². The second-order valence-electron chi connectivity index (χ2n) is 13.3. The molecule has 10 nitrogen and oxygen atoms in total. The van der Waals surface area contributed by atoms with Crippen LogP contribution in [-0.2, 0) is 14.6 Å². The van der Waals surface area contributed by atoms with Gasteiger partial charge in [-0.25, -0.2) is 13.4 Å². The van der Waals surface area contributed by atoms with E-state index in [1.165, 1.54) is 25.5 Å². The van der Waals surface area contributed by atoms with E-state index in [-0.39, 0.29) is 17.2 Å². The Balaban J connectivity index is 0.962. The van der Waals surface area contributed by atoms with E-state index in [1.807, 2.05) is 12.3 Å². The molecule has 1 amide bonds. The van der Waals surface area contributed by atoms with E-state index in [1.54, 1.807) is 6.20 Å². The molecule has 0 unspecified atom stereocenters. The van der Waals surface area contributed by atoms with Crippen LogP contribution >= 0.6 is 0 Å². The molecule has 4 aliphatic rings. The first-order valence-electron chi connectivity index (χ1n) is 16.5. The Morgan fingerprint density at radius 2 is 1.64 bits per heavy atom. The van der Waals surface area contributed by atoms with E-state index >= 15 is 0 Å². The normalized spacial score (nSPS) is 24.4. The number of carbonyl (C=O) groups is 1. The number of sulfone groups is 1. The third kappa shape index (κ3) is 6.05. The molecular weight excluding hydrogens is 574 g/mol. The summed E-state index contributed by atoms with van der Waals surface area (Å²) in [5.41, 5.74) is 2.19. The Kier molecular flexibility index (Phi) is 8.26. The second-order valence-corrected chi connectivity index (χ2v) is 15.6. The van der Waals surface area contributed by atoms with Gasteiger partial charge in [-0.2, -0.15) is 4.98 Å². The van der Waals surface area contributed by atoms with Crippen molar-refractivity contribution in [2.45, 2.75) is 75.1 Å². The summed E-state index contributed by atoms with van der Waals surface area (Å²) in [7, 11) is -3.00. The molecule has 0 bridgehead atoms. The van der Waals surface area contributed by atoms with Crippen LogP contribution < -0.4 is 10.2 Å². The quantitative estimate of drug-likeness (QED) is 0.422. The number of amides is 1. The Hall–Kier alpha value is -3.18. The zero-order valence-electron chi connectivity index (χ0n) is 25.8. The van der Waals surface area contributed by atoms with E-state index in [4.69, 9.17) is 4.98 Å². The third-order valence-electron chi connectivity index (χ3n) is 10.6. The molecule has 2 aromatic heterocycles. The number of rotatable bonds is 7. The number of hydrogen-bond acceptors (Lipinski definition) is 8. The fourth-order valence-electron chi connectivity index (χ4n) is 7.69. The number of hydrogen-bond donors (Lipinski definition) is 1. The SMILES string of the molecule is CS(=O)(=O)C1CCN(c2cccc3c2ccn3-c2ccnc(N[C@H]3CC[C@H](C(=O)N4CCN(C5CCC5)CC4)CC3)n2)CC1. The largest absolute Gasteiger partial charge is 0.371 e. The van der Waals surface area contributed by atoms with Crippen molar-refractivity contribution in [3.8, 4) is 5.82 Å². The Labute approximate surface area is 260 Å². The van der Waals surface area contributed by atoms with Crippen molar-refractivity contribution in [2.24, 2.45) is 5.92 Å². The summed E-state index contributed by atoms with van der Waals surface area (Å²) < 4.78 is 26.2. The molecule has 0 spiro atoms. The predicted molar refractivity (Wildman–Crippen MR) is 174 cm³/mol. The number of benzene rings is 1. The summed E-state index contributed by atoms with van der Waals surface area (Å²) in [6.45, 7) is 5.28. The fraction of sp³-hybridized carbons (Fsp3) is 0.606. The fourth-order valence-corrected chi connectivity index (χ4v) is 8.76. The van der Waals surface area contributed by atoms with Crippen molar-refractivity contribution in [1.29, 1.82) is 0 Å². The number of nitrogens with one attached hydrogen (secondary N) is 1. The summed E-state index contributed by atoms with van der Waals surface area (Å²) in [5, 5.41) is 4.44. The van der Waals surface area contributed by atoms with Gasteiger partial charge in [0.05, 0.1) is 10.8 Å². The summed E-state index contributed by atoms with van der Waals surface area (Å²) in [6.07, 6.45) is 14.2. The van der Waals surface area contributed by atoms with Crippen molar-refractivity contribution in [1.82, 2.24) is 24.3 Å². The number of carbonyl (C=O) groups excluding carboxylic acids is 1. The number of piperidine rings is 1. The first kappa shape index (κ1) is 29.5. The van der Waals surface area contributed by atoms with Crippen molar-refractivity contribution in [3.05, 3.63) is 42.7 Å². The average molecular weight is 620 g/mol. The highest BCUT2D eigenvalue weighted by atomic mass is 32.2. The lowest BCUT2D eigenvalue weighted by Crippen LogP contribution is -2.54. The van der Waals surface area contributed by atoms with Gasteiger partial charge in [-0.1, -0.05) is 12.5 Å². The Morgan fingerprint density at radius 1 is 0.886 bits per heavy atom. The van der Waals surface area contributed by atoms with Gasteiger partial charge in [0.25, 0.3) is 0 Å². The van der Waals surface area contributed by atoms with Crippen molar-refractivity contribution in [3.63, 3.8) is 0 Å². The molecule has 1 N–H and O–H groups in total. The molecule has 0 radical (unpaired) electrons. The number of fused-ring (bicyclic) bond motifs is 1. The van der Waals surface area contributed by atoms with Crippen LogP contribution in [0, 0.1) is 5.92 Å². The first-order chi connectivity index (χ1) is 21.3. The standard InChI is InChI=1S/C33H45N7O3S/c1-44(42,43)27-13-17-38(18-14-27)29-6-3-7-30-28(29)15-19-40(30)31-12-16-34-33(36-31)35-25-10-8-24(9-11-25)32(41)39-22-20-37(21-23-39)26-4-2-5-26/h3,6-7,12,15-16,19,24-27H,2,4-5,8-11,13-14,17-18,20-23H2,1H3,(H,34,35,36)/t24-,25-. The lowest BCUT2D eigenvalue weighted by molar-refractivity contribution is -0.139. The van der Waals surface area contributed by atoms with Crippen LogP contribution in [0.1, 0.15) is 57.8 Å². The van der Waals surface area contributed by atoms with Gasteiger partial charge in [0, 0.05) is 87.0 Å². The van der Waals surface area contributed by atoms with E-state index < -0.39 is 9.84 Å².